The lowest BCUT2D eigenvalue weighted by molar-refractivity contribution is -0.121. The monoisotopic (exact) mass is 286 g/mol. The smallest absolute Gasteiger partial charge is 0.283 e. The minimum absolute atomic E-state index is 0.249. The molecule has 3 amide bonds. The van der Waals surface area contributed by atoms with Gasteiger partial charge in [-0.25, -0.2) is 4.90 Å². The quantitative estimate of drug-likeness (QED) is 0.258. The molecule has 1 aromatic carbocycles. The molecule has 106 valence electrons. The van der Waals surface area contributed by atoms with Crippen LogP contribution in [0.5, 0.6) is 0 Å². The van der Waals surface area contributed by atoms with Gasteiger partial charge >= 0.3 is 0 Å². The Morgan fingerprint density at radius 2 is 1.95 bits per heavy atom. The number of fused-ring (bicyclic) bond motifs is 1. The lowest BCUT2D eigenvalue weighted by Crippen LogP contribution is -2.42. The fourth-order valence-electron chi connectivity index (χ4n) is 1.83. The van der Waals surface area contributed by atoms with Crippen LogP contribution in [-0.2, 0) is 9.63 Å². The summed E-state index contributed by atoms with van der Waals surface area (Å²) in [7, 11) is 1.24. The molecular formula is C13H10N4O4. The van der Waals surface area contributed by atoms with Gasteiger partial charge in [-0.2, -0.15) is 5.26 Å². The van der Waals surface area contributed by atoms with Gasteiger partial charge in [0.05, 0.1) is 11.1 Å². The van der Waals surface area contributed by atoms with Crippen LogP contribution >= 0.6 is 0 Å². The fraction of sp³-hybridized carbons (Fsp3) is 0.154. The van der Waals surface area contributed by atoms with Crippen LogP contribution in [0.25, 0.3) is 0 Å². The number of nitrogens with zero attached hydrogens (tertiary/aromatic N) is 4. The van der Waals surface area contributed by atoms with Crippen molar-refractivity contribution in [3.8, 4) is 6.19 Å². The lowest BCUT2D eigenvalue weighted by Gasteiger charge is -2.18. The van der Waals surface area contributed by atoms with E-state index in [2.05, 4.69) is 9.99 Å². The summed E-state index contributed by atoms with van der Waals surface area (Å²) in [5.41, 5.74) is 0.497. The van der Waals surface area contributed by atoms with Crippen molar-refractivity contribution in [2.75, 3.05) is 13.8 Å². The molecule has 1 aliphatic rings. The predicted octanol–water partition coefficient (Wildman–Crippen LogP) is 0.182. The van der Waals surface area contributed by atoms with Crippen LogP contribution in [0.3, 0.4) is 0 Å². The first-order valence-corrected chi connectivity index (χ1v) is 5.83. The lowest BCUT2D eigenvalue weighted by atomic mass is 10.1. The number of benzene rings is 1. The molecule has 0 atom stereocenters. The molecule has 8 nitrogen and oxygen atoms in total. The van der Waals surface area contributed by atoms with Crippen molar-refractivity contribution in [2.45, 2.75) is 0 Å². The maximum atomic E-state index is 12.1. The van der Waals surface area contributed by atoms with E-state index in [-0.39, 0.29) is 11.1 Å². The highest BCUT2D eigenvalue weighted by molar-refractivity contribution is 6.27. The first-order chi connectivity index (χ1) is 10.1. The summed E-state index contributed by atoms with van der Waals surface area (Å²) in [6.45, 7) is -0.475. The first kappa shape index (κ1) is 14.2. The Hall–Kier alpha value is -3.21. The Balaban J connectivity index is 2.19. The molecule has 1 aliphatic heterocycles. The second-order valence-corrected chi connectivity index (χ2v) is 4.01. The van der Waals surface area contributed by atoms with Crippen LogP contribution in [0, 0.1) is 11.5 Å². The highest BCUT2D eigenvalue weighted by atomic mass is 16.6. The third-order valence-electron chi connectivity index (χ3n) is 2.82. The molecule has 0 aliphatic carbocycles. The van der Waals surface area contributed by atoms with E-state index >= 15 is 0 Å². The Kier molecular flexibility index (Phi) is 3.95. The van der Waals surface area contributed by atoms with E-state index in [1.54, 1.807) is 18.3 Å². The second-order valence-electron chi connectivity index (χ2n) is 4.01. The molecule has 0 saturated carbocycles. The van der Waals surface area contributed by atoms with Gasteiger partial charge in [0.1, 0.15) is 20.0 Å². The van der Waals surface area contributed by atoms with E-state index in [1.807, 2.05) is 0 Å². The molecule has 1 aromatic rings. The summed E-state index contributed by atoms with van der Waals surface area (Å²) >= 11 is 0. The van der Waals surface area contributed by atoms with Crippen LogP contribution in [-0.4, -0.2) is 47.5 Å². The number of carbonyl (C=O) groups excluding carboxylic acids is 3. The molecule has 0 spiro atoms. The fourth-order valence-corrected chi connectivity index (χ4v) is 1.83. The van der Waals surface area contributed by atoms with Crippen LogP contribution in [0.1, 0.15) is 20.7 Å². The van der Waals surface area contributed by atoms with Gasteiger partial charge in [0.2, 0.25) is 0 Å². The third-order valence-corrected chi connectivity index (χ3v) is 2.82. The molecule has 8 heteroatoms. The molecule has 0 bridgehead atoms. The normalized spacial score (nSPS) is 13.2. The number of hydrogen-bond donors (Lipinski definition) is 0. The molecule has 2 rings (SSSR count). The summed E-state index contributed by atoms with van der Waals surface area (Å²) in [5.74, 6) is -1.89. The van der Waals surface area contributed by atoms with E-state index in [9.17, 15) is 14.4 Å². The molecule has 0 aromatic heterocycles. The van der Waals surface area contributed by atoms with Crippen molar-refractivity contribution in [3.63, 3.8) is 0 Å². The number of carbonyl (C=O) groups is 3. The number of oxime groups is 1. The van der Waals surface area contributed by atoms with Gasteiger partial charge in [0.15, 0.2) is 6.19 Å². The van der Waals surface area contributed by atoms with Gasteiger partial charge in [-0.1, -0.05) is 17.3 Å². The Morgan fingerprint density at radius 1 is 1.38 bits per heavy atom. The Bertz CT molecular complexity index is 642. The van der Waals surface area contributed by atoms with Crippen molar-refractivity contribution in [2.24, 2.45) is 5.16 Å². The standard InChI is InChI=1S/C13H10N4O4/c1-21-15-6-11(18)16(7-14)8-17-12(19)9-4-2-3-5-10(9)13(17)20/h2-6H,8H2,1H3. The number of hydrogen-bond acceptors (Lipinski definition) is 6. The first-order valence-electron chi connectivity index (χ1n) is 5.83. The van der Waals surface area contributed by atoms with E-state index in [0.717, 1.165) is 11.1 Å². The SMILES string of the molecule is CON=CC(=O)N(C#N)CN1C(=O)c2ccccc2C1=O. The van der Waals surface area contributed by atoms with Crippen LogP contribution in [0.2, 0.25) is 0 Å². The molecule has 0 saturated heterocycles. The summed E-state index contributed by atoms with van der Waals surface area (Å²) < 4.78 is 0. The van der Waals surface area contributed by atoms with Crippen molar-refractivity contribution >= 4 is 23.9 Å². The van der Waals surface area contributed by atoms with Gasteiger partial charge in [-0.15, -0.1) is 0 Å². The predicted molar refractivity (Wildman–Crippen MR) is 69.8 cm³/mol. The zero-order valence-electron chi connectivity index (χ0n) is 11.0. The largest absolute Gasteiger partial charge is 0.399 e. The number of rotatable bonds is 4. The van der Waals surface area contributed by atoms with E-state index in [4.69, 9.17) is 5.26 Å². The molecular weight excluding hydrogens is 276 g/mol. The van der Waals surface area contributed by atoms with Crippen molar-refractivity contribution in [1.82, 2.24) is 9.80 Å². The number of nitriles is 1. The van der Waals surface area contributed by atoms with Crippen LogP contribution in [0.4, 0.5) is 0 Å². The van der Waals surface area contributed by atoms with Crippen molar-refractivity contribution < 1.29 is 19.2 Å². The average Bonchev–Trinajstić information content (AvgIpc) is 2.75. The summed E-state index contributed by atoms with van der Waals surface area (Å²) in [5, 5.41) is 12.2. The van der Waals surface area contributed by atoms with Gasteiger partial charge in [-0.05, 0) is 12.1 Å². The van der Waals surface area contributed by atoms with E-state index in [0.29, 0.717) is 4.90 Å². The maximum absolute atomic E-state index is 12.1. The van der Waals surface area contributed by atoms with E-state index in [1.165, 1.54) is 19.2 Å². The Labute approximate surface area is 119 Å². The maximum Gasteiger partial charge on any atom is 0.283 e. The zero-order valence-corrected chi connectivity index (χ0v) is 11.0. The molecule has 0 unspecified atom stereocenters. The molecule has 0 fully saturated rings. The second kappa shape index (κ2) is 5.83. The zero-order chi connectivity index (χ0) is 15.4. The molecule has 0 N–H and O–H groups in total. The minimum atomic E-state index is -0.795. The highest BCUT2D eigenvalue weighted by Gasteiger charge is 2.36. The molecule has 1 heterocycles. The average molecular weight is 286 g/mol. The van der Waals surface area contributed by atoms with Crippen molar-refractivity contribution in [3.05, 3.63) is 35.4 Å². The topological polar surface area (TPSA) is 103 Å². The third kappa shape index (κ3) is 2.57. The minimum Gasteiger partial charge on any atom is -0.399 e. The van der Waals surface area contributed by atoms with E-state index < -0.39 is 24.4 Å². The summed E-state index contributed by atoms with van der Waals surface area (Å²) in [4.78, 5) is 41.6. The number of amides is 3. The van der Waals surface area contributed by atoms with Gasteiger partial charge in [-0.3, -0.25) is 19.3 Å². The Morgan fingerprint density at radius 3 is 2.43 bits per heavy atom. The van der Waals surface area contributed by atoms with Crippen LogP contribution in [0.15, 0.2) is 29.4 Å². The van der Waals surface area contributed by atoms with Gasteiger partial charge in [0, 0.05) is 0 Å². The molecule has 0 radical (unpaired) electrons. The highest BCUT2D eigenvalue weighted by Crippen LogP contribution is 2.22. The van der Waals surface area contributed by atoms with Crippen LogP contribution < -0.4 is 0 Å². The molecule has 21 heavy (non-hydrogen) atoms. The number of imide groups is 1. The van der Waals surface area contributed by atoms with Gasteiger partial charge in [0.25, 0.3) is 17.7 Å². The summed E-state index contributed by atoms with van der Waals surface area (Å²) in [6, 6.07) is 6.29. The summed E-state index contributed by atoms with van der Waals surface area (Å²) in [6.07, 6.45) is 2.38. The van der Waals surface area contributed by atoms with Crippen molar-refractivity contribution in [1.29, 1.82) is 5.26 Å². The van der Waals surface area contributed by atoms with Gasteiger partial charge < -0.3 is 4.84 Å².